The van der Waals surface area contributed by atoms with Crippen LogP contribution in [-0.2, 0) is 20.4 Å². The SMILES string of the molecule is CC1=CC(c2ccccc2)=c2ccc3c(c2[N-]1)[N-]C(C)=CC=3c1ccccc1.OO.[Pd+2]. The molecule has 0 aromatic heterocycles. The summed E-state index contributed by atoms with van der Waals surface area (Å²) >= 11 is 0. The second-order valence-electron chi connectivity index (χ2n) is 7.21. The summed E-state index contributed by atoms with van der Waals surface area (Å²) in [5.41, 5.74) is 8.76. The van der Waals surface area contributed by atoms with Crippen LogP contribution < -0.4 is 10.4 Å². The topological polar surface area (TPSA) is 68.7 Å². The summed E-state index contributed by atoms with van der Waals surface area (Å²) in [6.45, 7) is 4.11. The van der Waals surface area contributed by atoms with Crippen LogP contribution in [0, 0.1) is 0 Å². The Balaban J connectivity index is 0.000000883. The Morgan fingerprint density at radius 1 is 0.548 bits per heavy atom. The third-order valence-corrected chi connectivity index (χ3v) is 5.18. The van der Waals surface area contributed by atoms with E-state index in [1.807, 2.05) is 12.1 Å². The molecule has 0 radical (unpaired) electrons. The average Bonchev–Trinajstić information content (AvgIpc) is 2.80. The zero-order valence-corrected chi connectivity index (χ0v) is 18.7. The van der Waals surface area contributed by atoms with E-state index in [-0.39, 0.29) is 20.4 Å². The summed E-state index contributed by atoms with van der Waals surface area (Å²) in [4.78, 5) is 0. The predicted molar refractivity (Wildman–Crippen MR) is 122 cm³/mol. The van der Waals surface area contributed by atoms with E-state index >= 15 is 0 Å². The molecule has 0 atom stereocenters. The molecule has 2 aliphatic rings. The van der Waals surface area contributed by atoms with E-state index in [9.17, 15) is 0 Å². The van der Waals surface area contributed by atoms with Crippen molar-refractivity contribution in [3.63, 3.8) is 0 Å². The number of benzene rings is 3. The van der Waals surface area contributed by atoms with Crippen molar-refractivity contribution in [3.8, 4) is 0 Å². The normalized spacial score (nSPS) is 13.7. The van der Waals surface area contributed by atoms with Gasteiger partial charge in [-0.3, -0.25) is 10.5 Å². The minimum Gasteiger partial charge on any atom is -0.662 e. The molecular formula is C26H22N2O2Pd. The quantitative estimate of drug-likeness (QED) is 0.259. The third-order valence-electron chi connectivity index (χ3n) is 5.18. The summed E-state index contributed by atoms with van der Waals surface area (Å²) in [6, 6.07) is 25.4. The molecule has 0 unspecified atom stereocenters. The van der Waals surface area contributed by atoms with Gasteiger partial charge in [-0.2, -0.15) is 11.4 Å². The minimum absolute atomic E-state index is 0. The summed E-state index contributed by atoms with van der Waals surface area (Å²) in [5.74, 6) is 0. The molecule has 0 bridgehead atoms. The fourth-order valence-corrected chi connectivity index (χ4v) is 3.94. The number of nitrogens with zero attached hydrogens (tertiary/aromatic N) is 2. The van der Waals surface area contributed by atoms with Gasteiger partial charge in [0.05, 0.1) is 0 Å². The van der Waals surface area contributed by atoms with E-state index < -0.39 is 0 Å². The van der Waals surface area contributed by atoms with Crippen LogP contribution in [0.25, 0.3) is 21.8 Å². The van der Waals surface area contributed by atoms with Crippen molar-refractivity contribution in [2.24, 2.45) is 0 Å². The molecule has 0 spiro atoms. The fourth-order valence-electron chi connectivity index (χ4n) is 3.94. The van der Waals surface area contributed by atoms with E-state index in [1.54, 1.807) is 0 Å². The monoisotopic (exact) mass is 500 g/mol. The number of fused-ring (bicyclic) bond motifs is 3. The molecule has 0 saturated carbocycles. The van der Waals surface area contributed by atoms with Crippen molar-refractivity contribution in [1.82, 2.24) is 0 Å². The molecule has 0 aliphatic carbocycles. The van der Waals surface area contributed by atoms with Crippen molar-refractivity contribution in [1.29, 1.82) is 0 Å². The first-order chi connectivity index (χ1) is 14.7. The van der Waals surface area contributed by atoms with Gasteiger partial charge in [0.1, 0.15) is 0 Å². The van der Waals surface area contributed by atoms with Gasteiger partial charge in [0.15, 0.2) is 0 Å². The average molecular weight is 501 g/mol. The van der Waals surface area contributed by atoms with Crippen molar-refractivity contribution in [2.45, 2.75) is 13.8 Å². The smallest absolute Gasteiger partial charge is 0.662 e. The fraction of sp³-hybridized carbons (Fsp3) is 0.0769. The molecule has 158 valence electrons. The number of allylic oxidation sites excluding steroid dienone is 4. The van der Waals surface area contributed by atoms with Gasteiger partial charge in [-0.25, -0.2) is 0 Å². The molecule has 0 saturated heterocycles. The Labute approximate surface area is 195 Å². The molecule has 5 rings (SSSR count). The van der Waals surface area contributed by atoms with Gasteiger partial charge in [0.2, 0.25) is 0 Å². The van der Waals surface area contributed by atoms with Gasteiger partial charge in [-0.15, -0.1) is 11.4 Å². The van der Waals surface area contributed by atoms with Gasteiger partial charge in [-0.05, 0) is 32.7 Å². The second-order valence-corrected chi connectivity index (χ2v) is 7.21. The third kappa shape index (κ3) is 4.41. The summed E-state index contributed by atoms with van der Waals surface area (Å²) < 4.78 is 0. The van der Waals surface area contributed by atoms with Crippen LogP contribution in [-0.4, -0.2) is 10.5 Å². The zero-order chi connectivity index (χ0) is 21.1. The standard InChI is InChI=1S/C26H20N2.H2O2.Pd/c1-17-15-23(19-9-5-3-6-10-19)21-13-14-22-24(20-11-7-4-8-12-20)16-18(2)28-26(22)25(21)27-17;1-2;/h3-16H,1-2H3;1-2H;/q-2;;+2. The maximum Gasteiger partial charge on any atom is 2.00 e. The van der Waals surface area contributed by atoms with Gasteiger partial charge >= 0.3 is 20.4 Å². The first kappa shape index (κ1) is 22.7. The second kappa shape index (κ2) is 9.91. The van der Waals surface area contributed by atoms with Crippen molar-refractivity contribution in [3.05, 3.63) is 129 Å². The van der Waals surface area contributed by atoms with E-state index in [0.29, 0.717) is 0 Å². The van der Waals surface area contributed by atoms with Crippen LogP contribution in [0.1, 0.15) is 25.0 Å². The molecular weight excluding hydrogens is 479 g/mol. The number of hydrogen-bond donors (Lipinski definition) is 2. The molecule has 5 heteroatoms. The van der Waals surface area contributed by atoms with E-state index in [1.165, 1.54) is 22.3 Å². The molecule has 2 N–H and O–H groups in total. The van der Waals surface area contributed by atoms with Crippen molar-refractivity contribution < 1.29 is 30.9 Å². The van der Waals surface area contributed by atoms with Crippen LogP contribution in [0.15, 0.2) is 96.3 Å². The van der Waals surface area contributed by atoms with E-state index in [4.69, 9.17) is 21.1 Å². The first-order valence-corrected chi connectivity index (χ1v) is 9.73. The van der Waals surface area contributed by atoms with Crippen LogP contribution in [0.4, 0.5) is 11.4 Å². The van der Waals surface area contributed by atoms with Crippen LogP contribution in [0.5, 0.6) is 0 Å². The summed E-state index contributed by atoms with van der Waals surface area (Å²) in [6.07, 6.45) is 4.33. The van der Waals surface area contributed by atoms with Gasteiger partial charge in [0, 0.05) is 0 Å². The molecule has 4 nitrogen and oxygen atoms in total. The Hall–Kier alpha value is -2.94. The van der Waals surface area contributed by atoms with E-state index in [2.05, 4.69) is 86.7 Å². The Kier molecular flexibility index (Phi) is 7.27. The van der Waals surface area contributed by atoms with Crippen LogP contribution in [0.2, 0.25) is 0 Å². The van der Waals surface area contributed by atoms with Gasteiger partial charge in [0.25, 0.3) is 0 Å². The Morgan fingerprint density at radius 3 is 1.26 bits per heavy atom. The maximum absolute atomic E-state index is 6.00. The van der Waals surface area contributed by atoms with E-state index in [0.717, 1.165) is 33.2 Å². The van der Waals surface area contributed by atoms with Gasteiger partial charge < -0.3 is 10.6 Å². The Morgan fingerprint density at radius 2 is 0.903 bits per heavy atom. The number of rotatable bonds is 2. The largest absolute Gasteiger partial charge is 2.00 e. The molecule has 0 amide bonds. The minimum atomic E-state index is 0. The molecule has 2 heterocycles. The summed E-state index contributed by atoms with van der Waals surface area (Å²) in [7, 11) is 0. The molecule has 3 aromatic rings. The van der Waals surface area contributed by atoms with Crippen LogP contribution >= 0.6 is 0 Å². The van der Waals surface area contributed by atoms with Gasteiger partial charge in [-0.1, -0.05) is 98.8 Å². The van der Waals surface area contributed by atoms with Crippen molar-refractivity contribution in [2.75, 3.05) is 0 Å². The number of hydrogen-bond acceptors (Lipinski definition) is 2. The predicted octanol–water partition coefficient (Wildman–Crippen LogP) is 5.94. The Bertz CT molecular complexity index is 1160. The summed E-state index contributed by atoms with van der Waals surface area (Å²) in [5, 5.41) is 24.1. The maximum atomic E-state index is 6.00. The molecule has 31 heavy (non-hydrogen) atoms. The first-order valence-electron chi connectivity index (χ1n) is 9.73. The van der Waals surface area contributed by atoms with Crippen LogP contribution in [0.3, 0.4) is 0 Å². The molecule has 0 fully saturated rings. The molecule has 3 aromatic carbocycles. The zero-order valence-electron chi connectivity index (χ0n) is 17.2. The molecule has 2 aliphatic heterocycles. The van der Waals surface area contributed by atoms with Crippen molar-refractivity contribution >= 4 is 22.5 Å².